The molecule has 11 heteroatoms. The van der Waals surface area contributed by atoms with E-state index in [1.165, 1.54) is 6.07 Å². The third-order valence-electron chi connectivity index (χ3n) is 5.02. The number of alkyl halides is 3. The summed E-state index contributed by atoms with van der Waals surface area (Å²) in [4.78, 5) is 14.3. The van der Waals surface area contributed by atoms with Crippen LogP contribution in [0.5, 0.6) is 0 Å². The Morgan fingerprint density at radius 2 is 1.96 bits per heavy atom. The van der Waals surface area contributed by atoms with E-state index in [2.05, 4.69) is 20.6 Å². The lowest BCUT2D eigenvalue weighted by Crippen LogP contribution is -2.47. The van der Waals surface area contributed by atoms with Crippen molar-refractivity contribution in [2.75, 3.05) is 24.6 Å². The molecule has 0 radical (unpaired) electrons. The van der Waals surface area contributed by atoms with E-state index >= 15 is 0 Å². The van der Waals surface area contributed by atoms with Gasteiger partial charge in [-0.05, 0) is 30.9 Å². The van der Waals surface area contributed by atoms with E-state index in [4.69, 9.17) is 0 Å². The molecule has 1 saturated heterocycles. The summed E-state index contributed by atoms with van der Waals surface area (Å²) in [5.41, 5.74) is 0.0223. The van der Waals surface area contributed by atoms with E-state index in [1.807, 2.05) is 18.7 Å². The van der Waals surface area contributed by atoms with Crippen LogP contribution in [-0.2, 0) is 11.0 Å². The lowest BCUT2D eigenvalue weighted by atomic mass is 9.94. The average molecular weight is 400 g/mol. The monoisotopic (exact) mass is 400 g/mol. The smallest absolute Gasteiger partial charge is 0.394 e. The van der Waals surface area contributed by atoms with Crippen molar-refractivity contribution in [3.05, 3.63) is 18.0 Å². The highest BCUT2D eigenvalue weighted by Crippen LogP contribution is 2.28. The highest BCUT2D eigenvalue weighted by Gasteiger charge is 2.38. The molecule has 2 aromatic heterocycles. The molecule has 28 heavy (non-hydrogen) atoms. The maximum atomic E-state index is 13.0. The molecule has 2 aromatic rings. The first-order valence-electron chi connectivity index (χ1n) is 9.16. The van der Waals surface area contributed by atoms with E-state index in [0.29, 0.717) is 36.3 Å². The maximum Gasteiger partial charge on any atom is 0.453 e. The fourth-order valence-electron chi connectivity index (χ4n) is 3.22. The highest BCUT2D eigenvalue weighted by molar-refractivity contribution is 5.79. The van der Waals surface area contributed by atoms with Gasteiger partial charge in [0.25, 0.3) is 5.82 Å². The Morgan fingerprint density at radius 1 is 1.29 bits per heavy atom. The predicted molar refractivity (Wildman–Crippen MR) is 94.6 cm³/mol. The minimum absolute atomic E-state index is 0.0223. The van der Waals surface area contributed by atoms with E-state index in [-0.39, 0.29) is 36.0 Å². The number of rotatable bonds is 5. The lowest BCUT2D eigenvalue weighted by molar-refractivity contribution is -0.146. The van der Waals surface area contributed by atoms with E-state index in [9.17, 15) is 23.1 Å². The second kappa shape index (κ2) is 7.90. The largest absolute Gasteiger partial charge is 0.453 e. The quantitative estimate of drug-likeness (QED) is 0.790. The van der Waals surface area contributed by atoms with Crippen LogP contribution in [0.2, 0.25) is 0 Å². The molecule has 0 saturated carbocycles. The molecule has 0 bridgehead atoms. The molecular formula is C17H23F3N6O2. The standard InChI is InChI=1S/C17H23F3N6O2/c1-10(2)12(9-27)21-15(28)11-5-7-25(8-6-11)14-4-3-13-22-23-16(17(18,19)20)26(13)24-14/h3-4,10-12,27H,5-9H2,1-2H3,(H,21,28). The van der Waals surface area contributed by atoms with Gasteiger partial charge >= 0.3 is 6.18 Å². The minimum Gasteiger partial charge on any atom is -0.394 e. The molecule has 154 valence electrons. The van der Waals surface area contributed by atoms with Crippen molar-refractivity contribution in [1.82, 2.24) is 25.1 Å². The Labute approximate surface area is 159 Å². The molecule has 1 amide bonds. The maximum absolute atomic E-state index is 13.0. The number of aromatic nitrogens is 4. The topological polar surface area (TPSA) is 95.7 Å². The van der Waals surface area contributed by atoms with Gasteiger partial charge in [0.1, 0.15) is 5.82 Å². The number of piperidine rings is 1. The normalized spacial score (nSPS) is 17.3. The third kappa shape index (κ3) is 4.18. The van der Waals surface area contributed by atoms with Gasteiger partial charge in [-0.3, -0.25) is 4.79 Å². The Balaban J connectivity index is 1.67. The highest BCUT2D eigenvalue weighted by atomic mass is 19.4. The molecule has 0 spiro atoms. The van der Waals surface area contributed by atoms with Gasteiger partial charge in [0.05, 0.1) is 12.6 Å². The molecule has 1 unspecified atom stereocenters. The van der Waals surface area contributed by atoms with Gasteiger partial charge in [0.15, 0.2) is 5.65 Å². The molecule has 3 rings (SSSR count). The molecule has 8 nitrogen and oxygen atoms in total. The van der Waals surface area contributed by atoms with E-state index in [0.717, 1.165) is 0 Å². The van der Waals surface area contributed by atoms with E-state index in [1.54, 1.807) is 6.07 Å². The number of amides is 1. The summed E-state index contributed by atoms with van der Waals surface area (Å²) in [7, 11) is 0. The number of hydrogen-bond donors (Lipinski definition) is 2. The molecular weight excluding hydrogens is 377 g/mol. The average Bonchev–Trinajstić information content (AvgIpc) is 3.09. The van der Waals surface area contributed by atoms with Crippen molar-refractivity contribution in [3.8, 4) is 0 Å². The summed E-state index contributed by atoms with van der Waals surface area (Å²) >= 11 is 0. The summed E-state index contributed by atoms with van der Waals surface area (Å²) in [5, 5.41) is 22.9. The van der Waals surface area contributed by atoms with Crippen LogP contribution in [0.25, 0.3) is 5.65 Å². The predicted octanol–water partition coefficient (Wildman–Crippen LogP) is 1.49. The van der Waals surface area contributed by atoms with Gasteiger partial charge in [-0.25, -0.2) is 0 Å². The van der Waals surface area contributed by atoms with Gasteiger partial charge in [-0.15, -0.1) is 15.3 Å². The second-order valence-electron chi connectivity index (χ2n) is 7.29. The van der Waals surface area contributed by atoms with Crippen molar-refractivity contribution in [2.24, 2.45) is 11.8 Å². The molecule has 3 heterocycles. The first kappa shape index (κ1) is 20.3. The summed E-state index contributed by atoms with van der Waals surface area (Å²) in [5.74, 6) is -0.964. The van der Waals surface area contributed by atoms with Crippen LogP contribution in [0.1, 0.15) is 32.5 Å². The zero-order valence-corrected chi connectivity index (χ0v) is 15.6. The van der Waals surface area contributed by atoms with Gasteiger partial charge in [-0.1, -0.05) is 13.8 Å². The Morgan fingerprint density at radius 3 is 2.54 bits per heavy atom. The molecule has 2 N–H and O–H groups in total. The summed E-state index contributed by atoms with van der Waals surface area (Å²) in [6, 6.07) is 2.76. The van der Waals surface area contributed by atoms with Crippen LogP contribution >= 0.6 is 0 Å². The van der Waals surface area contributed by atoms with Gasteiger partial charge < -0.3 is 15.3 Å². The zero-order chi connectivity index (χ0) is 20.5. The van der Waals surface area contributed by atoms with Crippen LogP contribution in [0.3, 0.4) is 0 Å². The van der Waals surface area contributed by atoms with Crippen LogP contribution < -0.4 is 10.2 Å². The zero-order valence-electron chi connectivity index (χ0n) is 15.6. The van der Waals surface area contributed by atoms with Gasteiger partial charge in [0, 0.05) is 19.0 Å². The van der Waals surface area contributed by atoms with Crippen LogP contribution in [0.4, 0.5) is 19.0 Å². The Bertz CT molecular complexity index is 830. The number of carbonyl (C=O) groups excluding carboxylic acids is 1. The lowest BCUT2D eigenvalue weighted by Gasteiger charge is -2.33. The van der Waals surface area contributed by atoms with Crippen molar-refractivity contribution in [2.45, 2.75) is 38.9 Å². The van der Waals surface area contributed by atoms with Crippen LogP contribution in [0.15, 0.2) is 12.1 Å². The van der Waals surface area contributed by atoms with Gasteiger partial charge in [-0.2, -0.15) is 17.7 Å². The molecule has 1 atom stereocenters. The first-order valence-corrected chi connectivity index (χ1v) is 9.16. The van der Waals surface area contributed by atoms with Crippen LogP contribution in [0, 0.1) is 11.8 Å². The number of anilines is 1. The van der Waals surface area contributed by atoms with Crippen molar-refractivity contribution in [1.29, 1.82) is 0 Å². The first-order chi connectivity index (χ1) is 13.2. The summed E-state index contributed by atoms with van der Waals surface area (Å²) in [6.07, 6.45) is -3.54. The van der Waals surface area contributed by atoms with Crippen molar-refractivity contribution in [3.63, 3.8) is 0 Å². The molecule has 1 aliphatic rings. The molecule has 0 aromatic carbocycles. The number of fused-ring (bicyclic) bond motifs is 1. The summed E-state index contributed by atoms with van der Waals surface area (Å²) in [6.45, 7) is 4.71. The van der Waals surface area contributed by atoms with Crippen LogP contribution in [-0.4, -0.2) is 56.6 Å². The number of hydrogen-bond acceptors (Lipinski definition) is 6. The number of nitrogens with one attached hydrogen (secondary N) is 1. The number of aliphatic hydroxyl groups is 1. The number of halogens is 3. The number of carbonyl (C=O) groups is 1. The number of nitrogens with zero attached hydrogens (tertiary/aromatic N) is 5. The summed E-state index contributed by atoms with van der Waals surface area (Å²) < 4.78 is 39.7. The van der Waals surface area contributed by atoms with E-state index < -0.39 is 12.0 Å². The molecule has 1 fully saturated rings. The molecule has 0 aliphatic carbocycles. The molecule has 1 aliphatic heterocycles. The fraction of sp³-hybridized carbons (Fsp3) is 0.647. The Hall–Kier alpha value is -2.43. The van der Waals surface area contributed by atoms with Gasteiger partial charge in [0.2, 0.25) is 5.91 Å². The van der Waals surface area contributed by atoms with Crippen molar-refractivity contribution < 1.29 is 23.1 Å². The SMILES string of the molecule is CC(C)C(CO)NC(=O)C1CCN(c2ccc3nnc(C(F)(F)F)n3n2)CC1. The number of aliphatic hydroxyl groups excluding tert-OH is 1. The Kier molecular flexibility index (Phi) is 5.73. The van der Waals surface area contributed by atoms with Crippen molar-refractivity contribution >= 4 is 17.4 Å². The third-order valence-corrected chi connectivity index (χ3v) is 5.02. The fourth-order valence-corrected chi connectivity index (χ4v) is 3.22. The second-order valence-corrected chi connectivity index (χ2v) is 7.29. The minimum atomic E-state index is -4.64.